The molecule has 0 aliphatic heterocycles. The number of benzene rings is 1. The van der Waals surface area contributed by atoms with Crippen molar-refractivity contribution in [2.24, 2.45) is 52.3 Å². The van der Waals surface area contributed by atoms with Gasteiger partial charge in [-0.1, -0.05) is 72.1 Å². The average molecular weight is 577 g/mol. The molecule has 1 aromatic rings. The van der Waals surface area contributed by atoms with Crippen LogP contribution in [0.25, 0.3) is 6.08 Å². The quantitative estimate of drug-likeness (QED) is 0.181. The molecule has 3 fully saturated rings. The molecule has 4 aliphatic carbocycles. The Kier molecular flexibility index (Phi) is 9.22. The minimum absolute atomic E-state index is 0.0498. The van der Waals surface area contributed by atoms with Crippen LogP contribution >= 0.6 is 0 Å². The summed E-state index contributed by atoms with van der Waals surface area (Å²) in [4.78, 5) is 12.7. The summed E-state index contributed by atoms with van der Waals surface area (Å²) in [7, 11) is 1.52. The number of aromatic hydroxyl groups is 1. The van der Waals surface area contributed by atoms with Crippen molar-refractivity contribution in [1.29, 1.82) is 0 Å². The van der Waals surface area contributed by atoms with E-state index < -0.39 is 0 Å². The summed E-state index contributed by atoms with van der Waals surface area (Å²) in [6, 6.07) is 5.04. The van der Waals surface area contributed by atoms with Crippen LogP contribution in [0.3, 0.4) is 0 Å². The molecule has 0 amide bonds. The third kappa shape index (κ3) is 5.93. The first kappa shape index (κ1) is 31.2. The Hall–Kier alpha value is -2.23. The smallest absolute Gasteiger partial charge is 0.331 e. The Morgan fingerprint density at radius 2 is 1.83 bits per heavy atom. The lowest BCUT2D eigenvalue weighted by Crippen LogP contribution is -2.51. The molecular weight excluding hydrogens is 520 g/mol. The predicted molar refractivity (Wildman–Crippen MR) is 171 cm³/mol. The zero-order valence-corrected chi connectivity index (χ0v) is 27.3. The van der Waals surface area contributed by atoms with Crippen LogP contribution in [0, 0.1) is 52.3 Å². The van der Waals surface area contributed by atoms with E-state index in [9.17, 15) is 9.90 Å². The fourth-order valence-corrected chi connectivity index (χ4v) is 9.93. The normalized spacial score (nSPS) is 35.6. The second-order valence-corrected chi connectivity index (χ2v) is 15.3. The van der Waals surface area contributed by atoms with Crippen molar-refractivity contribution < 1.29 is 19.4 Å². The van der Waals surface area contributed by atoms with Gasteiger partial charge in [0.05, 0.1) is 7.11 Å². The highest BCUT2D eigenvalue weighted by Crippen LogP contribution is 2.67. The van der Waals surface area contributed by atoms with Gasteiger partial charge in [-0.05, 0) is 121 Å². The van der Waals surface area contributed by atoms with E-state index in [1.54, 1.807) is 29.8 Å². The highest BCUT2D eigenvalue weighted by molar-refractivity contribution is 5.87. The molecule has 0 radical (unpaired) electrons. The van der Waals surface area contributed by atoms with Crippen LogP contribution in [0.1, 0.15) is 111 Å². The molecule has 1 N–H and O–H groups in total. The van der Waals surface area contributed by atoms with Crippen molar-refractivity contribution in [3.05, 3.63) is 41.5 Å². The summed E-state index contributed by atoms with van der Waals surface area (Å²) in [6.07, 6.45) is 18.3. The molecule has 0 bridgehead atoms. The van der Waals surface area contributed by atoms with Crippen molar-refractivity contribution in [3.63, 3.8) is 0 Å². The molecule has 3 saturated carbocycles. The summed E-state index contributed by atoms with van der Waals surface area (Å²) in [5.74, 6) is 5.94. The van der Waals surface area contributed by atoms with Crippen molar-refractivity contribution in [1.82, 2.24) is 0 Å². The number of hydrogen-bond donors (Lipinski definition) is 1. The maximum Gasteiger partial charge on any atom is 0.331 e. The lowest BCUT2D eigenvalue weighted by molar-refractivity contribution is -0.145. The number of hydrogen-bond acceptors (Lipinski definition) is 4. The first-order valence-electron chi connectivity index (χ1n) is 16.9. The van der Waals surface area contributed by atoms with Gasteiger partial charge in [0, 0.05) is 12.5 Å². The Bertz CT molecular complexity index is 1180. The molecule has 0 heterocycles. The summed E-state index contributed by atoms with van der Waals surface area (Å²) < 4.78 is 11.1. The maximum atomic E-state index is 12.7. The standard InChI is InChI=1S/C38H56O4/c1-24(2)25(3)8-9-26(4)31-14-15-32-30-13-12-28-23-29(18-20-37(28,5)33(30)19-21-38(31,32)6)42-36(40)17-11-27-10-16-34(39)35(22-27)41-7/h10-12,16-17,22,24-26,29-33,39H,8-9,13-15,18-21,23H2,1-7H3/b17-11+/t25-,26+,29?,30-,31+,32-,33-,37-,38+/m0/s1. The summed E-state index contributed by atoms with van der Waals surface area (Å²) in [6.45, 7) is 15.0. The van der Waals surface area contributed by atoms with Crippen LogP contribution in [0.5, 0.6) is 11.5 Å². The van der Waals surface area contributed by atoms with Crippen LogP contribution in [-0.2, 0) is 9.53 Å². The van der Waals surface area contributed by atoms with Crippen LogP contribution < -0.4 is 4.74 Å². The fourth-order valence-electron chi connectivity index (χ4n) is 9.93. The topological polar surface area (TPSA) is 55.8 Å². The molecule has 0 spiro atoms. The van der Waals surface area contributed by atoms with Gasteiger partial charge in [-0.3, -0.25) is 0 Å². The number of allylic oxidation sites excluding steroid dienone is 1. The van der Waals surface area contributed by atoms with Crippen LogP contribution in [0.4, 0.5) is 0 Å². The zero-order chi connectivity index (χ0) is 30.2. The van der Waals surface area contributed by atoms with Gasteiger partial charge in [0.15, 0.2) is 11.5 Å². The lowest BCUT2D eigenvalue weighted by atomic mass is 9.47. The van der Waals surface area contributed by atoms with E-state index in [1.165, 1.54) is 58.1 Å². The van der Waals surface area contributed by atoms with E-state index in [2.05, 4.69) is 47.6 Å². The SMILES string of the molecule is COc1cc(/C=C/C(=O)OC2CC[C@@]3(C)C(=CC[C@H]4[C@@H]5CC[C@H]([C@H](C)CC[C@H](C)C(C)C)[C@@]5(C)CC[C@@H]43)C2)ccc1O. The Morgan fingerprint density at radius 3 is 2.57 bits per heavy atom. The largest absolute Gasteiger partial charge is 0.504 e. The second kappa shape index (κ2) is 12.4. The lowest BCUT2D eigenvalue weighted by Gasteiger charge is -2.58. The van der Waals surface area contributed by atoms with E-state index in [0.29, 0.717) is 11.2 Å². The van der Waals surface area contributed by atoms with Gasteiger partial charge >= 0.3 is 5.97 Å². The molecule has 5 rings (SSSR count). The molecular formula is C38H56O4. The predicted octanol–water partition coefficient (Wildman–Crippen LogP) is 9.61. The highest BCUT2D eigenvalue weighted by Gasteiger charge is 2.59. The third-order valence-electron chi connectivity index (χ3n) is 12.9. The minimum Gasteiger partial charge on any atom is -0.504 e. The molecule has 232 valence electrons. The maximum absolute atomic E-state index is 12.7. The summed E-state index contributed by atoms with van der Waals surface area (Å²) in [5, 5.41) is 9.81. The van der Waals surface area contributed by atoms with E-state index in [0.717, 1.165) is 66.3 Å². The number of carbonyl (C=O) groups excluding carboxylic acids is 1. The number of phenolic OH excluding ortho intramolecular Hbond substituents is 1. The van der Waals surface area contributed by atoms with Crippen LogP contribution in [0.2, 0.25) is 0 Å². The van der Waals surface area contributed by atoms with Crippen molar-refractivity contribution >= 4 is 12.0 Å². The zero-order valence-electron chi connectivity index (χ0n) is 27.3. The van der Waals surface area contributed by atoms with Crippen LogP contribution in [0.15, 0.2) is 35.9 Å². The number of phenols is 1. The first-order chi connectivity index (χ1) is 20.0. The number of methoxy groups -OCH3 is 1. The number of rotatable bonds is 9. The van der Waals surface area contributed by atoms with Gasteiger partial charge in [0.1, 0.15) is 6.10 Å². The van der Waals surface area contributed by atoms with E-state index in [1.807, 2.05) is 0 Å². The van der Waals surface area contributed by atoms with Gasteiger partial charge in [-0.25, -0.2) is 4.79 Å². The third-order valence-corrected chi connectivity index (χ3v) is 12.9. The molecule has 4 heteroatoms. The number of carbonyl (C=O) groups is 1. The van der Waals surface area contributed by atoms with Crippen molar-refractivity contribution in [2.75, 3.05) is 7.11 Å². The number of esters is 1. The molecule has 1 aromatic carbocycles. The molecule has 1 unspecified atom stereocenters. The van der Waals surface area contributed by atoms with E-state index in [-0.39, 0.29) is 23.2 Å². The monoisotopic (exact) mass is 576 g/mol. The Labute approximate surface area is 255 Å². The Balaban J connectivity index is 1.21. The average Bonchev–Trinajstić information content (AvgIpc) is 3.32. The highest BCUT2D eigenvalue weighted by atomic mass is 16.5. The van der Waals surface area contributed by atoms with Gasteiger partial charge in [-0.15, -0.1) is 0 Å². The van der Waals surface area contributed by atoms with Crippen molar-refractivity contribution in [2.45, 2.75) is 112 Å². The molecule has 0 aromatic heterocycles. The molecule has 4 nitrogen and oxygen atoms in total. The van der Waals surface area contributed by atoms with Gasteiger partial charge in [-0.2, -0.15) is 0 Å². The molecule has 0 saturated heterocycles. The molecule has 9 atom stereocenters. The summed E-state index contributed by atoms with van der Waals surface area (Å²) >= 11 is 0. The van der Waals surface area contributed by atoms with E-state index in [4.69, 9.17) is 9.47 Å². The number of fused-ring (bicyclic) bond motifs is 5. The Morgan fingerprint density at radius 1 is 1.05 bits per heavy atom. The van der Waals surface area contributed by atoms with Crippen LogP contribution in [-0.4, -0.2) is 24.3 Å². The fraction of sp³-hybridized carbons (Fsp3) is 0.711. The molecule has 4 aliphatic rings. The van der Waals surface area contributed by atoms with Gasteiger partial charge in [0.25, 0.3) is 0 Å². The number of ether oxygens (including phenoxy) is 2. The minimum atomic E-state index is -0.299. The molecule has 42 heavy (non-hydrogen) atoms. The van der Waals surface area contributed by atoms with E-state index >= 15 is 0 Å². The van der Waals surface area contributed by atoms with Crippen molar-refractivity contribution in [3.8, 4) is 11.5 Å². The van der Waals surface area contributed by atoms with Gasteiger partial charge in [0.2, 0.25) is 0 Å². The first-order valence-corrected chi connectivity index (χ1v) is 16.9. The second-order valence-electron chi connectivity index (χ2n) is 15.3. The summed E-state index contributed by atoms with van der Waals surface area (Å²) in [5.41, 5.74) is 3.09. The van der Waals surface area contributed by atoms with Gasteiger partial charge < -0.3 is 14.6 Å².